The maximum absolute atomic E-state index is 13.0. The van der Waals surface area contributed by atoms with Gasteiger partial charge in [-0.05, 0) is 18.6 Å². The molecule has 2 aliphatic heterocycles. The Bertz CT molecular complexity index is 776. The monoisotopic (exact) mass is 435 g/mol. The lowest BCUT2D eigenvalue weighted by Crippen LogP contribution is -2.50. The van der Waals surface area contributed by atoms with E-state index in [0.29, 0.717) is 75.8 Å². The molecule has 1 aromatic rings. The highest BCUT2D eigenvalue weighted by atomic mass is 16.5. The second-order valence-corrected chi connectivity index (χ2v) is 7.19. The Balaban J connectivity index is 1.43. The topological polar surface area (TPSA) is 126 Å². The number of ether oxygens (including phenoxy) is 3. The lowest BCUT2D eigenvalue weighted by molar-refractivity contribution is -0.123. The highest BCUT2D eigenvalue weighted by molar-refractivity contribution is 6.24. The van der Waals surface area contributed by atoms with Crippen LogP contribution in [0.1, 0.15) is 33.6 Å². The number of nitrogens with zero attached hydrogens (tertiary/aromatic N) is 1. The number of amides is 3. The summed E-state index contributed by atoms with van der Waals surface area (Å²) in [5.74, 6) is -0.709. The third kappa shape index (κ3) is 6.01. The van der Waals surface area contributed by atoms with Crippen molar-refractivity contribution >= 4 is 23.4 Å². The van der Waals surface area contributed by atoms with Crippen LogP contribution in [-0.4, -0.2) is 93.1 Å². The van der Waals surface area contributed by atoms with Crippen molar-refractivity contribution in [2.75, 3.05) is 64.7 Å². The fourth-order valence-corrected chi connectivity index (χ4v) is 3.59. The first-order valence-electron chi connectivity index (χ1n) is 10.5. The standard InChI is InChI=1S/C21H29N3O7/c25-7-9-30-11-13-31-12-10-29-8-6-22-17-3-1-2-16-19(17)21(28)24(20(16)27)15-4-5-18(26)23-14-15/h1-3,15,22,25H,4-14H2,(H,23,26). The van der Waals surface area contributed by atoms with Crippen molar-refractivity contribution in [2.45, 2.75) is 18.9 Å². The minimum atomic E-state index is -0.331. The van der Waals surface area contributed by atoms with Crippen LogP contribution in [0.2, 0.25) is 0 Å². The van der Waals surface area contributed by atoms with Crippen LogP contribution in [0, 0.1) is 0 Å². The molecule has 0 aromatic heterocycles. The van der Waals surface area contributed by atoms with Gasteiger partial charge in [0.2, 0.25) is 5.91 Å². The van der Waals surface area contributed by atoms with Gasteiger partial charge in [-0.15, -0.1) is 0 Å². The fourth-order valence-electron chi connectivity index (χ4n) is 3.59. The molecule has 1 saturated heterocycles. The number of anilines is 1. The van der Waals surface area contributed by atoms with Crippen molar-refractivity contribution in [1.29, 1.82) is 0 Å². The summed E-state index contributed by atoms with van der Waals surface area (Å²) in [6.07, 6.45) is 0.781. The SMILES string of the molecule is O=C1CCC(N2C(=O)c3cccc(NCCOCCOCCOCCO)c3C2=O)CN1. The van der Waals surface area contributed by atoms with E-state index >= 15 is 0 Å². The van der Waals surface area contributed by atoms with Gasteiger partial charge in [0.05, 0.1) is 63.4 Å². The maximum atomic E-state index is 13.0. The zero-order valence-electron chi connectivity index (χ0n) is 17.4. The molecule has 3 N–H and O–H groups in total. The van der Waals surface area contributed by atoms with Gasteiger partial charge in [-0.2, -0.15) is 0 Å². The van der Waals surface area contributed by atoms with Crippen LogP contribution >= 0.6 is 0 Å². The van der Waals surface area contributed by atoms with Crippen LogP contribution in [-0.2, 0) is 19.0 Å². The van der Waals surface area contributed by atoms with Crippen LogP contribution in [0.5, 0.6) is 0 Å². The molecule has 10 nitrogen and oxygen atoms in total. The number of rotatable bonds is 13. The third-order valence-corrected chi connectivity index (χ3v) is 5.09. The van der Waals surface area contributed by atoms with Crippen LogP contribution in [0.15, 0.2) is 18.2 Å². The van der Waals surface area contributed by atoms with E-state index in [1.54, 1.807) is 18.2 Å². The number of carbonyl (C=O) groups excluding carboxylic acids is 3. The molecule has 2 aliphatic rings. The molecule has 170 valence electrons. The summed E-state index contributed by atoms with van der Waals surface area (Å²) in [5.41, 5.74) is 1.35. The van der Waals surface area contributed by atoms with Crippen molar-refractivity contribution in [3.8, 4) is 0 Å². The Morgan fingerprint density at radius 1 is 1.00 bits per heavy atom. The van der Waals surface area contributed by atoms with Gasteiger partial charge in [-0.1, -0.05) is 6.07 Å². The predicted octanol–water partition coefficient (Wildman–Crippen LogP) is 0.0152. The van der Waals surface area contributed by atoms with Crippen molar-refractivity contribution in [1.82, 2.24) is 10.2 Å². The van der Waals surface area contributed by atoms with E-state index in [1.807, 2.05) is 0 Å². The van der Waals surface area contributed by atoms with Gasteiger partial charge in [0.25, 0.3) is 11.8 Å². The van der Waals surface area contributed by atoms with Crippen LogP contribution in [0.4, 0.5) is 5.69 Å². The van der Waals surface area contributed by atoms with Gasteiger partial charge in [0.15, 0.2) is 0 Å². The molecule has 3 amide bonds. The average molecular weight is 435 g/mol. The van der Waals surface area contributed by atoms with Crippen molar-refractivity contribution in [3.05, 3.63) is 29.3 Å². The van der Waals surface area contributed by atoms with E-state index in [9.17, 15) is 14.4 Å². The zero-order valence-corrected chi connectivity index (χ0v) is 17.4. The van der Waals surface area contributed by atoms with Gasteiger partial charge >= 0.3 is 0 Å². The third-order valence-electron chi connectivity index (χ3n) is 5.09. The molecule has 0 bridgehead atoms. The first kappa shape index (κ1) is 23.1. The van der Waals surface area contributed by atoms with Gasteiger partial charge < -0.3 is 30.0 Å². The number of aliphatic hydroxyl groups is 1. The van der Waals surface area contributed by atoms with Crippen molar-refractivity contribution in [2.24, 2.45) is 0 Å². The molecule has 0 aliphatic carbocycles. The van der Waals surface area contributed by atoms with Gasteiger partial charge in [0.1, 0.15) is 0 Å². The Morgan fingerprint density at radius 2 is 1.71 bits per heavy atom. The smallest absolute Gasteiger partial charge is 0.263 e. The van der Waals surface area contributed by atoms with E-state index in [0.717, 1.165) is 0 Å². The molecule has 1 atom stereocenters. The first-order chi connectivity index (χ1) is 15.1. The largest absolute Gasteiger partial charge is 0.394 e. The Hall–Kier alpha value is -2.53. The van der Waals surface area contributed by atoms with Crippen LogP contribution in [0.3, 0.4) is 0 Å². The molecule has 0 radical (unpaired) electrons. The predicted molar refractivity (Wildman–Crippen MR) is 111 cm³/mol. The molecule has 31 heavy (non-hydrogen) atoms. The van der Waals surface area contributed by atoms with Gasteiger partial charge in [0, 0.05) is 25.2 Å². The summed E-state index contributed by atoms with van der Waals surface area (Å²) in [6, 6.07) is 4.84. The molecule has 1 aromatic carbocycles. The fraction of sp³-hybridized carbons (Fsp3) is 0.571. The number of carbonyl (C=O) groups is 3. The normalized spacial score (nSPS) is 18.3. The van der Waals surface area contributed by atoms with Crippen LogP contribution in [0.25, 0.3) is 0 Å². The quantitative estimate of drug-likeness (QED) is 0.292. The number of fused-ring (bicyclic) bond motifs is 1. The Morgan fingerprint density at radius 3 is 2.39 bits per heavy atom. The molecule has 1 unspecified atom stereocenters. The van der Waals surface area contributed by atoms with Crippen LogP contribution < -0.4 is 10.6 Å². The summed E-state index contributed by atoms with van der Waals surface area (Å²) in [4.78, 5) is 38.5. The minimum absolute atomic E-state index is 0.00266. The van der Waals surface area contributed by atoms with E-state index < -0.39 is 0 Å². The number of nitrogens with one attached hydrogen (secondary N) is 2. The average Bonchev–Trinajstić information content (AvgIpc) is 3.03. The molecule has 2 heterocycles. The first-order valence-corrected chi connectivity index (χ1v) is 10.5. The van der Waals surface area contributed by atoms with E-state index in [-0.39, 0.29) is 36.9 Å². The molecule has 0 spiro atoms. The zero-order chi connectivity index (χ0) is 22.1. The summed E-state index contributed by atoms with van der Waals surface area (Å²) >= 11 is 0. The van der Waals surface area contributed by atoms with E-state index in [4.69, 9.17) is 19.3 Å². The minimum Gasteiger partial charge on any atom is -0.394 e. The molecular weight excluding hydrogens is 406 g/mol. The van der Waals surface area contributed by atoms with Gasteiger partial charge in [-0.25, -0.2) is 0 Å². The van der Waals surface area contributed by atoms with Gasteiger partial charge in [-0.3, -0.25) is 19.3 Å². The summed E-state index contributed by atoms with van der Waals surface area (Å²) in [7, 11) is 0. The molecule has 0 saturated carbocycles. The summed E-state index contributed by atoms with van der Waals surface area (Å²) in [6.45, 7) is 3.20. The van der Waals surface area contributed by atoms with Crippen molar-refractivity contribution < 1.29 is 33.7 Å². The number of piperidine rings is 1. The summed E-state index contributed by atoms with van der Waals surface area (Å²) < 4.78 is 15.9. The molecule has 10 heteroatoms. The lowest BCUT2D eigenvalue weighted by Gasteiger charge is -2.29. The maximum Gasteiger partial charge on any atom is 0.263 e. The molecule has 3 rings (SSSR count). The number of hydrogen-bond acceptors (Lipinski definition) is 8. The second-order valence-electron chi connectivity index (χ2n) is 7.19. The molecular formula is C21H29N3O7. The number of imide groups is 1. The highest BCUT2D eigenvalue weighted by Crippen LogP contribution is 2.31. The van der Waals surface area contributed by atoms with E-state index in [2.05, 4.69) is 10.6 Å². The van der Waals surface area contributed by atoms with E-state index in [1.165, 1.54) is 4.90 Å². The number of aliphatic hydroxyl groups excluding tert-OH is 1. The number of benzene rings is 1. The highest BCUT2D eigenvalue weighted by Gasteiger charge is 2.42. The summed E-state index contributed by atoms with van der Waals surface area (Å²) in [5, 5.41) is 14.5. The Kier molecular flexibility index (Phi) is 8.77. The lowest BCUT2D eigenvalue weighted by atomic mass is 10.1. The van der Waals surface area contributed by atoms with Crippen molar-refractivity contribution in [3.63, 3.8) is 0 Å². The second kappa shape index (κ2) is 11.8. The Labute approximate surface area is 180 Å². The molecule has 1 fully saturated rings. The number of hydrogen-bond donors (Lipinski definition) is 3.